The van der Waals surface area contributed by atoms with E-state index in [-0.39, 0.29) is 24.4 Å². The number of amides is 1. The summed E-state index contributed by atoms with van der Waals surface area (Å²) in [5.74, 6) is 0.154. The lowest BCUT2D eigenvalue weighted by Gasteiger charge is -2.17. The van der Waals surface area contributed by atoms with Crippen LogP contribution in [0.15, 0.2) is 0 Å². The van der Waals surface area contributed by atoms with Gasteiger partial charge in [0.15, 0.2) is 0 Å². The lowest BCUT2D eigenvalue weighted by molar-refractivity contribution is -0.130. The highest BCUT2D eigenvalue weighted by Crippen LogP contribution is 1.98. The second-order valence-electron chi connectivity index (χ2n) is 3.66. The number of hydrogen-bond donors (Lipinski definition) is 2. The SMILES string of the molecule is CNCCCC(=O)N(C)CCC(C)O.Cl. The van der Waals surface area contributed by atoms with Crippen LogP contribution in [0.4, 0.5) is 0 Å². The van der Waals surface area contributed by atoms with Crippen LogP contribution < -0.4 is 5.32 Å². The van der Waals surface area contributed by atoms with E-state index in [0.29, 0.717) is 19.4 Å². The van der Waals surface area contributed by atoms with Crippen molar-refractivity contribution in [1.29, 1.82) is 0 Å². The standard InChI is InChI=1S/C10H22N2O2.ClH/c1-9(13)6-8-12(3)10(14)5-4-7-11-2;/h9,11,13H,4-8H2,1-3H3;1H. The van der Waals surface area contributed by atoms with Crippen LogP contribution in [0.5, 0.6) is 0 Å². The summed E-state index contributed by atoms with van der Waals surface area (Å²) in [6, 6.07) is 0. The first-order chi connectivity index (χ1) is 6.57. The van der Waals surface area contributed by atoms with E-state index in [4.69, 9.17) is 5.11 Å². The molecule has 0 bridgehead atoms. The molecule has 0 aromatic rings. The molecule has 1 amide bonds. The third-order valence-corrected chi connectivity index (χ3v) is 2.13. The van der Waals surface area contributed by atoms with Crippen molar-refractivity contribution in [2.45, 2.75) is 32.3 Å². The summed E-state index contributed by atoms with van der Waals surface area (Å²) >= 11 is 0. The lowest BCUT2D eigenvalue weighted by atomic mass is 10.2. The monoisotopic (exact) mass is 238 g/mol. The van der Waals surface area contributed by atoms with Gasteiger partial charge in [0.25, 0.3) is 0 Å². The fraction of sp³-hybridized carbons (Fsp3) is 0.900. The Morgan fingerprint density at radius 2 is 2.13 bits per heavy atom. The molecule has 0 rings (SSSR count). The lowest BCUT2D eigenvalue weighted by Crippen LogP contribution is -2.29. The van der Waals surface area contributed by atoms with E-state index in [2.05, 4.69) is 5.32 Å². The Bertz CT molecular complexity index is 166. The molecule has 0 heterocycles. The van der Waals surface area contributed by atoms with E-state index in [1.54, 1.807) is 18.9 Å². The average molecular weight is 239 g/mol. The van der Waals surface area contributed by atoms with Gasteiger partial charge in [-0.25, -0.2) is 0 Å². The predicted molar refractivity (Wildman–Crippen MR) is 64.3 cm³/mol. The molecule has 92 valence electrons. The molecule has 15 heavy (non-hydrogen) atoms. The zero-order valence-corrected chi connectivity index (χ0v) is 10.6. The third-order valence-electron chi connectivity index (χ3n) is 2.13. The molecule has 1 unspecified atom stereocenters. The van der Waals surface area contributed by atoms with E-state index < -0.39 is 0 Å². The van der Waals surface area contributed by atoms with Gasteiger partial charge in [0.1, 0.15) is 0 Å². The molecule has 0 saturated heterocycles. The van der Waals surface area contributed by atoms with Crippen molar-refractivity contribution in [2.75, 3.05) is 27.2 Å². The summed E-state index contributed by atoms with van der Waals surface area (Å²) in [6.07, 6.45) is 1.77. The molecule has 0 fully saturated rings. The highest BCUT2D eigenvalue weighted by atomic mass is 35.5. The van der Waals surface area contributed by atoms with E-state index in [1.807, 2.05) is 7.05 Å². The maximum absolute atomic E-state index is 11.4. The van der Waals surface area contributed by atoms with Gasteiger partial charge in [-0.1, -0.05) is 0 Å². The van der Waals surface area contributed by atoms with Crippen molar-refractivity contribution >= 4 is 18.3 Å². The van der Waals surface area contributed by atoms with Gasteiger partial charge in [-0.2, -0.15) is 0 Å². The number of halogens is 1. The van der Waals surface area contributed by atoms with Gasteiger partial charge in [-0.05, 0) is 33.4 Å². The molecule has 0 saturated carbocycles. The van der Waals surface area contributed by atoms with Crippen LogP contribution in [-0.2, 0) is 4.79 Å². The van der Waals surface area contributed by atoms with Crippen LogP contribution in [0.25, 0.3) is 0 Å². The van der Waals surface area contributed by atoms with Crippen LogP contribution in [0.2, 0.25) is 0 Å². The van der Waals surface area contributed by atoms with Crippen LogP contribution in [0.1, 0.15) is 26.2 Å². The molecule has 0 aromatic carbocycles. The molecule has 0 aliphatic carbocycles. The Hall–Kier alpha value is -0.320. The van der Waals surface area contributed by atoms with Gasteiger partial charge in [0.05, 0.1) is 6.10 Å². The molecule has 0 aliphatic heterocycles. The number of carbonyl (C=O) groups excluding carboxylic acids is 1. The van der Waals surface area contributed by atoms with Crippen molar-refractivity contribution in [3.8, 4) is 0 Å². The fourth-order valence-electron chi connectivity index (χ4n) is 1.11. The molecule has 2 N–H and O–H groups in total. The van der Waals surface area contributed by atoms with Gasteiger partial charge >= 0.3 is 0 Å². The summed E-state index contributed by atoms with van der Waals surface area (Å²) in [5.41, 5.74) is 0. The summed E-state index contributed by atoms with van der Waals surface area (Å²) in [7, 11) is 3.66. The minimum absolute atomic E-state index is 0. The zero-order valence-electron chi connectivity index (χ0n) is 9.82. The van der Waals surface area contributed by atoms with Crippen molar-refractivity contribution in [3.63, 3.8) is 0 Å². The maximum atomic E-state index is 11.4. The van der Waals surface area contributed by atoms with Gasteiger partial charge in [-0.3, -0.25) is 4.79 Å². The minimum Gasteiger partial charge on any atom is -0.393 e. The maximum Gasteiger partial charge on any atom is 0.222 e. The van der Waals surface area contributed by atoms with Gasteiger partial charge in [0, 0.05) is 20.0 Å². The second kappa shape index (κ2) is 10.2. The van der Waals surface area contributed by atoms with E-state index in [0.717, 1.165) is 13.0 Å². The van der Waals surface area contributed by atoms with Gasteiger partial charge in [-0.15, -0.1) is 12.4 Å². The molecule has 0 aromatic heterocycles. The number of aliphatic hydroxyl groups excluding tert-OH is 1. The van der Waals surface area contributed by atoms with Crippen molar-refractivity contribution in [2.24, 2.45) is 0 Å². The number of aliphatic hydroxyl groups is 1. The molecule has 1 atom stereocenters. The molecule has 0 spiro atoms. The first kappa shape index (κ1) is 17.1. The Morgan fingerprint density at radius 3 is 2.60 bits per heavy atom. The van der Waals surface area contributed by atoms with E-state index >= 15 is 0 Å². The minimum atomic E-state index is -0.331. The zero-order chi connectivity index (χ0) is 11.0. The normalized spacial score (nSPS) is 11.7. The van der Waals surface area contributed by atoms with E-state index in [1.165, 1.54) is 0 Å². The Morgan fingerprint density at radius 1 is 1.53 bits per heavy atom. The first-order valence-electron chi connectivity index (χ1n) is 5.14. The van der Waals surface area contributed by atoms with Crippen LogP contribution in [-0.4, -0.2) is 49.2 Å². The first-order valence-corrected chi connectivity index (χ1v) is 5.14. The molecule has 0 radical (unpaired) electrons. The quantitative estimate of drug-likeness (QED) is 0.640. The van der Waals surface area contributed by atoms with Crippen LogP contribution in [0.3, 0.4) is 0 Å². The van der Waals surface area contributed by atoms with Crippen LogP contribution >= 0.6 is 12.4 Å². The van der Waals surface area contributed by atoms with Gasteiger partial charge in [0.2, 0.25) is 5.91 Å². The summed E-state index contributed by atoms with van der Waals surface area (Å²) in [6.45, 7) is 3.24. The number of nitrogens with zero attached hydrogens (tertiary/aromatic N) is 1. The summed E-state index contributed by atoms with van der Waals surface area (Å²) < 4.78 is 0. The Kier molecular flexibility index (Phi) is 11.6. The smallest absolute Gasteiger partial charge is 0.222 e. The highest BCUT2D eigenvalue weighted by molar-refractivity contribution is 5.85. The van der Waals surface area contributed by atoms with E-state index in [9.17, 15) is 4.79 Å². The molecule has 0 aliphatic rings. The second-order valence-corrected chi connectivity index (χ2v) is 3.66. The van der Waals surface area contributed by atoms with Gasteiger partial charge < -0.3 is 15.3 Å². The Labute approximate surface area is 98.4 Å². The number of rotatable bonds is 7. The molecule has 5 heteroatoms. The highest BCUT2D eigenvalue weighted by Gasteiger charge is 2.08. The van der Waals surface area contributed by atoms with Crippen LogP contribution in [0, 0.1) is 0 Å². The molecular weight excluding hydrogens is 216 g/mol. The topological polar surface area (TPSA) is 52.6 Å². The molecule has 4 nitrogen and oxygen atoms in total. The third kappa shape index (κ3) is 9.97. The molecular formula is C10H23ClN2O2. The number of nitrogens with one attached hydrogen (secondary N) is 1. The number of hydrogen-bond acceptors (Lipinski definition) is 3. The van der Waals surface area contributed by atoms with Crippen molar-refractivity contribution in [1.82, 2.24) is 10.2 Å². The van der Waals surface area contributed by atoms with Crippen molar-refractivity contribution in [3.05, 3.63) is 0 Å². The largest absolute Gasteiger partial charge is 0.393 e. The Balaban J connectivity index is 0. The fourth-order valence-corrected chi connectivity index (χ4v) is 1.11. The van der Waals surface area contributed by atoms with Crippen molar-refractivity contribution < 1.29 is 9.90 Å². The predicted octanol–water partition coefficient (Wildman–Crippen LogP) is 0.637. The summed E-state index contributed by atoms with van der Waals surface area (Å²) in [4.78, 5) is 13.1. The summed E-state index contributed by atoms with van der Waals surface area (Å²) in [5, 5.41) is 12.1. The average Bonchev–Trinajstić information content (AvgIpc) is 2.14. The number of carbonyl (C=O) groups is 1.